The summed E-state index contributed by atoms with van der Waals surface area (Å²) in [6.45, 7) is 0.509. The minimum Gasteiger partial charge on any atom is -0.380 e. The van der Waals surface area contributed by atoms with Gasteiger partial charge in [-0.15, -0.1) is 0 Å². The molecule has 4 nitrogen and oxygen atoms in total. The van der Waals surface area contributed by atoms with Gasteiger partial charge in [0.1, 0.15) is 6.07 Å². The molecule has 0 atom stereocenters. The number of halogens is 1. The number of nitrogens with zero attached hydrogens (tertiary/aromatic N) is 1. The molecule has 2 rings (SSSR count). The molecule has 0 aliphatic carbocycles. The maximum Gasteiger partial charge on any atom is 0.175 e. The second-order valence-electron chi connectivity index (χ2n) is 4.57. The van der Waals surface area contributed by atoms with Crippen molar-refractivity contribution >= 4 is 31.5 Å². The van der Waals surface area contributed by atoms with Crippen LogP contribution in [0.25, 0.3) is 0 Å². The molecule has 0 unspecified atom stereocenters. The van der Waals surface area contributed by atoms with E-state index in [0.29, 0.717) is 17.0 Å². The molecule has 0 radical (unpaired) electrons. The smallest absolute Gasteiger partial charge is 0.175 e. The zero-order valence-corrected chi connectivity index (χ0v) is 13.7. The van der Waals surface area contributed by atoms with Gasteiger partial charge in [-0.3, -0.25) is 0 Å². The second-order valence-corrected chi connectivity index (χ2v) is 7.50. The first-order chi connectivity index (χ1) is 9.90. The Bertz CT molecular complexity index is 793. The van der Waals surface area contributed by atoms with Gasteiger partial charge in [0.15, 0.2) is 9.84 Å². The summed E-state index contributed by atoms with van der Waals surface area (Å²) in [5.41, 5.74) is 2.23. The highest BCUT2D eigenvalue weighted by molar-refractivity contribution is 9.10. The van der Waals surface area contributed by atoms with Crippen LogP contribution in [0.15, 0.2) is 51.8 Å². The highest BCUT2D eigenvalue weighted by Crippen LogP contribution is 2.21. The Morgan fingerprint density at radius 1 is 1.19 bits per heavy atom. The monoisotopic (exact) mass is 364 g/mol. The van der Waals surface area contributed by atoms with E-state index in [-0.39, 0.29) is 0 Å². The third kappa shape index (κ3) is 4.06. The summed E-state index contributed by atoms with van der Waals surface area (Å²) in [5, 5.41) is 12.2. The van der Waals surface area contributed by atoms with Crippen molar-refractivity contribution in [1.82, 2.24) is 0 Å². The standard InChI is InChI=1S/C15H13BrN2O2S/c1-21(19,20)14-6-2-11(3-7-14)10-18-15-8-13(16)5-4-12(15)9-17/h2-8,18H,10H2,1H3. The summed E-state index contributed by atoms with van der Waals surface area (Å²) in [6.07, 6.45) is 1.18. The minimum absolute atomic E-state index is 0.298. The number of hydrogen-bond acceptors (Lipinski definition) is 4. The van der Waals surface area contributed by atoms with Crippen LogP contribution in [-0.2, 0) is 16.4 Å². The van der Waals surface area contributed by atoms with Gasteiger partial charge in [-0.25, -0.2) is 8.42 Å². The van der Waals surface area contributed by atoms with Crippen LogP contribution in [-0.4, -0.2) is 14.7 Å². The van der Waals surface area contributed by atoms with E-state index in [1.54, 1.807) is 30.3 Å². The van der Waals surface area contributed by atoms with Gasteiger partial charge in [-0.2, -0.15) is 5.26 Å². The lowest BCUT2D eigenvalue weighted by atomic mass is 10.1. The van der Waals surface area contributed by atoms with Crippen molar-refractivity contribution in [3.8, 4) is 6.07 Å². The fourth-order valence-electron chi connectivity index (χ4n) is 1.81. The summed E-state index contributed by atoms with van der Waals surface area (Å²) in [5.74, 6) is 0. The number of rotatable bonds is 4. The van der Waals surface area contributed by atoms with Gasteiger partial charge in [0.2, 0.25) is 0 Å². The number of nitrogens with one attached hydrogen (secondary N) is 1. The largest absolute Gasteiger partial charge is 0.380 e. The first kappa shape index (κ1) is 15.5. The van der Waals surface area contributed by atoms with Crippen molar-refractivity contribution in [2.75, 3.05) is 11.6 Å². The molecule has 0 fully saturated rings. The van der Waals surface area contributed by atoms with Crippen LogP contribution < -0.4 is 5.32 Å². The molecule has 0 saturated carbocycles. The summed E-state index contributed by atoms with van der Waals surface area (Å²) in [6, 6.07) is 14.2. The molecule has 2 aromatic rings. The lowest BCUT2D eigenvalue weighted by Gasteiger charge is -2.09. The average molecular weight is 365 g/mol. The first-order valence-electron chi connectivity index (χ1n) is 6.12. The first-order valence-corrected chi connectivity index (χ1v) is 8.81. The molecule has 0 bridgehead atoms. The molecule has 2 aromatic carbocycles. The van der Waals surface area contributed by atoms with Crippen molar-refractivity contribution in [1.29, 1.82) is 5.26 Å². The van der Waals surface area contributed by atoms with Crippen LogP contribution in [0.2, 0.25) is 0 Å². The molecule has 21 heavy (non-hydrogen) atoms. The van der Waals surface area contributed by atoms with Crippen molar-refractivity contribution in [2.45, 2.75) is 11.4 Å². The summed E-state index contributed by atoms with van der Waals surface area (Å²) < 4.78 is 23.7. The highest BCUT2D eigenvalue weighted by Gasteiger charge is 2.07. The average Bonchev–Trinajstić information content (AvgIpc) is 2.45. The number of hydrogen-bond donors (Lipinski definition) is 1. The maximum absolute atomic E-state index is 11.4. The predicted octanol–water partition coefficient (Wildman–Crippen LogP) is 3.34. The van der Waals surface area contributed by atoms with Crippen LogP contribution in [0.5, 0.6) is 0 Å². The van der Waals surface area contributed by atoms with E-state index in [4.69, 9.17) is 5.26 Å². The van der Waals surface area contributed by atoms with E-state index in [1.807, 2.05) is 12.1 Å². The Labute approximate surface area is 132 Å². The van der Waals surface area contributed by atoms with Gasteiger partial charge >= 0.3 is 0 Å². The van der Waals surface area contributed by atoms with Gasteiger partial charge in [0, 0.05) is 17.3 Å². The highest BCUT2D eigenvalue weighted by atomic mass is 79.9. The van der Waals surface area contributed by atoms with Crippen LogP contribution in [0.4, 0.5) is 5.69 Å². The van der Waals surface area contributed by atoms with Crippen LogP contribution in [0.1, 0.15) is 11.1 Å². The number of benzene rings is 2. The Morgan fingerprint density at radius 3 is 2.43 bits per heavy atom. The minimum atomic E-state index is -3.17. The van der Waals surface area contributed by atoms with E-state index in [9.17, 15) is 8.42 Å². The molecule has 6 heteroatoms. The van der Waals surface area contributed by atoms with Crippen LogP contribution >= 0.6 is 15.9 Å². The molecular formula is C15H13BrN2O2S. The van der Waals surface area contributed by atoms with E-state index in [1.165, 1.54) is 6.26 Å². The van der Waals surface area contributed by atoms with E-state index in [0.717, 1.165) is 15.7 Å². The SMILES string of the molecule is CS(=O)(=O)c1ccc(CNc2cc(Br)ccc2C#N)cc1. The quantitative estimate of drug-likeness (QED) is 0.902. The topological polar surface area (TPSA) is 70.0 Å². The predicted molar refractivity (Wildman–Crippen MR) is 85.7 cm³/mol. The molecule has 0 aliphatic rings. The van der Waals surface area contributed by atoms with Crippen LogP contribution in [0.3, 0.4) is 0 Å². The van der Waals surface area contributed by atoms with Crippen molar-refractivity contribution in [3.05, 3.63) is 58.1 Å². The fraction of sp³-hybridized carbons (Fsp3) is 0.133. The van der Waals surface area contributed by atoms with E-state index >= 15 is 0 Å². The van der Waals surface area contributed by atoms with E-state index in [2.05, 4.69) is 27.3 Å². The molecule has 1 N–H and O–H groups in total. The molecule has 108 valence electrons. The normalized spacial score (nSPS) is 10.9. The van der Waals surface area contributed by atoms with Gasteiger partial charge in [-0.05, 0) is 35.9 Å². The molecule has 0 saturated heterocycles. The Kier molecular flexibility index (Phi) is 4.66. The summed E-state index contributed by atoms with van der Waals surface area (Å²) >= 11 is 3.37. The zero-order chi connectivity index (χ0) is 15.5. The second kappa shape index (κ2) is 6.29. The van der Waals surface area contributed by atoms with Gasteiger partial charge < -0.3 is 5.32 Å². The fourth-order valence-corrected chi connectivity index (χ4v) is 2.80. The van der Waals surface area contributed by atoms with Gasteiger partial charge in [0.05, 0.1) is 16.1 Å². The number of sulfone groups is 1. The Morgan fingerprint density at radius 2 is 1.86 bits per heavy atom. The number of anilines is 1. The summed E-state index contributed by atoms with van der Waals surface area (Å²) in [4.78, 5) is 0.298. The zero-order valence-electron chi connectivity index (χ0n) is 11.3. The van der Waals surface area contributed by atoms with Crippen LogP contribution in [0, 0.1) is 11.3 Å². The van der Waals surface area contributed by atoms with Crippen molar-refractivity contribution in [2.24, 2.45) is 0 Å². The Balaban J connectivity index is 2.14. The molecule has 0 aliphatic heterocycles. The van der Waals surface area contributed by atoms with Gasteiger partial charge in [-0.1, -0.05) is 28.1 Å². The number of nitriles is 1. The Hall–Kier alpha value is -1.84. The lowest BCUT2D eigenvalue weighted by Crippen LogP contribution is -2.02. The molecule has 0 spiro atoms. The van der Waals surface area contributed by atoms with E-state index < -0.39 is 9.84 Å². The lowest BCUT2D eigenvalue weighted by molar-refractivity contribution is 0.602. The molecule has 0 amide bonds. The maximum atomic E-state index is 11.4. The molecular weight excluding hydrogens is 352 g/mol. The van der Waals surface area contributed by atoms with Crippen molar-refractivity contribution in [3.63, 3.8) is 0 Å². The summed E-state index contributed by atoms with van der Waals surface area (Å²) in [7, 11) is -3.17. The third-order valence-electron chi connectivity index (χ3n) is 2.94. The van der Waals surface area contributed by atoms with Gasteiger partial charge in [0.25, 0.3) is 0 Å². The van der Waals surface area contributed by atoms with Crippen molar-refractivity contribution < 1.29 is 8.42 Å². The third-order valence-corrected chi connectivity index (χ3v) is 4.56. The molecule has 0 heterocycles. The molecule has 0 aromatic heterocycles.